The highest BCUT2D eigenvalue weighted by molar-refractivity contribution is 5.49. The molecule has 5 heteroatoms. The number of hydrogen-bond donors (Lipinski definition) is 2. The van der Waals surface area contributed by atoms with Crippen LogP contribution in [-0.2, 0) is 4.79 Å². The van der Waals surface area contributed by atoms with Crippen LogP contribution < -0.4 is 5.43 Å². The van der Waals surface area contributed by atoms with Gasteiger partial charge >= 0.3 is 0 Å². The van der Waals surface area contributed by atoms with E-state index in [4.69, 9.17) is 5.11 Å². The maximum absolute atomic E-state index is 10.2. The van der Waals surface area contributed by atoms with E-state index in [9.17, 15) is 4.79 Å². The van der Waals surface area contributed by atoms with Crippen LogP contribution >= 0.6 is 0 Å². The van der Waals surface area contributed by atoms with Gasteiger partial charge in [-0.2, -0.15) is 0 Å². The summed E-state index contributed by atoms with van der Waals surface area (Å²) in [6.07, 6.45) is 4.31. The van der Waals surface area contributed by atoms with Crippen molar-refractivity contribution in [3.63, 3.8) is 0 Å². The molecule has 1 heterocycles. The largest absolute Gasteiger partial charge is 0.394 e. The van der Waals surface area contributed by atoms with Crippen molar-refractivity contribution in [3.8, 4) is 0 Å². The van der Waals surface area contributed by atoms with Crippen LogP contribution in [0.1, 0.15) is 12.8 Å². The van der Waals surface area contributed by atoms with Crippen LogP contribution in [-0.4, -0.2) is 54.6 Å². The molecule has 0 fully saturated rings. The van der Waals surface area contributed by atoms with Gasteiger partial charge in [-0.05, 0) is 12.5 Å². The van der Waals surface area contributed by atoms with Crippen molar-refractivity contribution in [2.24, 2.45) is 0 Å². The minimum Gasteiger partial charge on any atom is -0.394 e. The van der Waals surface area contributed by atoms with Crippen LogP contribution in [0.25, 0.3) is 0 Å². The normalized spacial score (nSPS) is 20.3. The summed E-state index contributed by atoms with van der Waals surface area (Å²) in [5.41, 5.74) is 3.16. The van der Waals surface area contributed by atoms with Crippen LogP contribution in [0.15, 0.2) is 11.9 Å². The molecule has 0 aromatic heterocycles. The van der Waals surface area contributed by atoms with Crippen LogP contribution in [0.4, 0.5) is 0 Å². The Morgan fingerprint density at radius 2 is 2.40 bits per heavy atom. The van der Waals surface area contributed by atoms with Gasteiger partial charge in [-0.15, -0.1) is 0 Å². The lowest BCUT2D eigenvalue weighted by atomic mass is 10.3. The number of aliphatic hydroxyl groups is 1. The average molecular weight is 213 g/mol. The predicted molar refractivity (Wildman–Crippen MR) is 57.8 cm³/mol. The molecule has 1 rings (SSSR count). The second-order valence-electron chi connectivity index (χ2n) is 3.80. The van der Waals surface area contributed by atoms with Gasteiger partial charge in [0.1, 0.15) is 12.1 Å². The van der Waals surface area contributed by atoms with Crippen molar-refractivity contribution in [2.45, 2.75) is 18.9 Å². The number of hydrazine groups is 1. The molecule has 1 unspecified atom stereocenters. The fraction of sp³-hybridized carbons (Fsp3) is 0.700. The molecule has 5 nitrogen and oxygen atoms in total. The zero-order valence-corrected chi connectivity index (χ0v) is 9.31. The highest BCUT2D eigenvalue weighted by Crippen LogP contribution is 2.14. The minimum absolute atomic E-state index is 0.0152. The Hall–Kier alpha value is -1.07. The standard InChI is InChI=1S/C10H19N3O2/c1-12(2)10-7-9(8-15)11-13(10)5-3-4-6-14/h6-7,9,11,15H,3-5,8H2,1-2H3. The lowest BCUT2D eigenvalue weighted by Gasteiger charge is -2.27. The van der Waals surface area contributed by atoms with Crippen molar-refractivity contribution in [3.05, 3.63) is 11.9 Å². The monoisotopic (exact) mass is 213 g/mol. The van der Waals surface area contributed by atoms with Crippen LogP contribution in [0.3, 0.4) is 0 Å². The van der Waals surface area contributed by atoms with Crippen molar-refractivity contribution in [2.75, 3.05) is 27.2 Å². The Morgan fingerprint density at radius 3 is 2.93 bits per heavy atom. The third kappa shape index (κ3) is 3.21. The van der Waals surface area contributed by atoms with E-state index < -0.39 is 0 Å². The Kier molecular flexibility index (Phi) is 4.58. The minimum atomic E-state index is -0.0152. The maximum atomic E-state index is 10.2. The third-order valence-corrected chi connectivity index (χ3v) is 2.31. The van der Waals surface area contributed by atoms with E-state index in [2.05, 4.69) is 5.43 Å². The van der Waals surface area contributed by atoms with E-state index in [-0.39, 0.29) is 12.6 Å². The molecule has 0 saturated heterocycles. The summed E-state index contributed by atoms with van der Waals surface area (Å²) in [6, 6.07) is -0.0152. The summed E-state index contributed by atoms with van der Waals surface area (Å²) in [7, 11) is 3.92. The topological polar surface area (TPSA) is 55.8 Å². The number of carbonyl (C=O) groups is 1. The second kappa shape index (κ2) is 5.72. The number of nitrogens with one attached hydrogen (secondary N) is 1. The predicted octanol–water partition coefficient (Wildman–Crippen LogP) is -0.450. The first-order chi connectivity index (χ1) is 7.19. The maximum Gasteiger partial charge on any atom is 0.120 e. The van der Waals surface area contributed by atoms with E-state index in [0.717, 1.165) is 25.1 Å². The van der Waals surface area contributed by atoms with Gasteiger partial charge in [-0.1, -0.05) is 0 Å². The van der Waals surface area contributed by atoms with Gasteiger partial charge in [0.2, 0.25) is 0 Å². The molecule has 0 aromatic rings. The van der Waals surface area contributed by atoms with E-state index in [1.807, 2.05) is 30.1 Å². The fourth-order valence-corrected chi connectivity index (χ4v) is 1.57. The van der Waals surface area contributed by atoms with Crippen molar-refractivity contribution in [1.29, 1.82) is 0 Å². The summed E-state index contributed by atoms with van der Waals surface area (Å²) in [5.74, 6) is 1.04. The summed E-state index contributed by atoms with van der Waals surface area (Å²) in [6.45, 7) is 0.862. The van der Waals surface area contributed by atoms with E-state index in [0.29, 0.717) is 6.42 Å². The molecular weight excluding hydrogens is 194 g/mol. The SMILES string of the molecule is CN(C)C1=CC(CO)NN1CCCC=O. The lowest BCUT2D eigenvalue weighted by Crippen LogP contribution is -2.41. The number of nitrogens with zero attached hydrogens (tertiary/aromatic N) is 2. The lowest BCUT2D eigenvalue weighted by molar-refractivity contribution is -0.108. The molecule has 15 heavy (non-hydrogen) atoms. The number of rotatable bonds is 6. The van der Waals surface area contributed by atoms with Gasteiger partial charge < -0.3 is 14.8 Å². The quantitative estimate of drug-likeness (QED) is 0.462. The number of unbranched alkanes of at least 4 members (excludes halogenated alkanes) is 1. The second-order valence-corrected chi connectivity index (χ2v) is 3.80. The van der Waals surface area contributed by atoms with E-state index in [1.165, 1.54) is 0 Å². The number of aliphatic hydroxyl groups excluding tert-OH is 1. The molecule has 0 saturated carbocycles. The molecule has 0 radical (unpaired) electrons. The fourth-order valence-electron chi connectivity index (χ4n) is 1.57. The molecule has 1 aliphatic heterocycles. The molecule has 0 aliphatic carbocycles. The molecule has 0 spiro atoms. The van der Waals surface area contributed by atoms with Gasteiger partial charge in [-0.3, -0.25) is 5.01 Å². The molecule has 0 aromatic carbocycles. The zero-order chi connectivity index (χ0) is 11.3. The molecule has 1 atom stereocenters. The van der Waals surface area contributed by atoms with Crippen molar-refractivity contribution < 1.29 is 9.90 Å². The van der Waals surface area contributed by atoms with Gasteiger partial charge in [-0.25, -0.2) is 5.43 Å². The van der Waals surface area contributed by atoms with E-state index in [1.54, 1.807) is 0 Å². The number of carbonyl (C=O) groups excluding carboxylic acids is 1. The van der Waals surface area contributed by atoms with Crippen molar-refractivity contribution in [1.82, 2.24) is 15.3 Å². The first kappa shape index (κ1) is 12.0. The summed E-state index contributed by atoms with van der Waals surface area (Å²) in [5, 5.41) is 11.0. The van der Waals surface area contributed by atoms with Gasteiger partial charge in [0.25, 0.3) is 0 Å². The zero-order valence-electron chi connectivity index (χ0n) is 9.31. The molecule has 1 aliphatic rings. The highest BCUT2D eigenvalue weighted by atomic mass is 16.3. The summed E-state index contributed by atoms with van der Waals surface area (Å²) < 4.78 is 0. The smallest absolute Gasteiger partial charge is 0.120 e. The highest BCUT2D eigenvalue weighted by Gasteiger charge is 2.22. The van der Waals surface area contributed by atoms with Gasteiger partial charge in [0, 0.05) is 27.1 Å². The molecule has 0 bridgehead atoms. The van der Waals surface area contributed by atoms with Gasteiger partial charge in [0.15, 0.2) is 0 Å². The molecule has 86 valence electrons. The van der Waals surface area contributed by atoms with E-state index >= 15 is 0 Å². The first-order valence-corrected chi connectivity index (χ1v) is 5.16. The Morgan fingerprint density at radius 1 is 1.67 bits per heavy atom. The number of hydrogen-bond acceptors (Lipinski definition) is 5. The summed E-state index contributed by atoms with van der Waals surface area (Å²) >= 11 is 0. The Labute approximate surface area is 90.3 Å². The van der Waals surface area contributed by atoms with Gasteiger partial charge in [0.05, 0.1) is 12.6 Å². The third-order valence-electron chi connectivity index (χ3n) is 2.31. The molecule has 0 amide bonds. The van der Waals surface area contributed by atoms with Crippen molar-refractivity contribution >= 4 is 6.29 Å². The number of aldehydes is 1. The Bertz CT molecular complexity index is 241. The van der Waals surface area contributed by atoms with Crippen LogP contribution in [0.2, 0.25) is 0 Å². The average Bonchev–Trinajstić information content (AvgIpc) is 2.62. The van der Waals surface area contributed by atoms with Crippen LogP contribution in [0.5, 0.6) is 0 Å². The molecular formula is C10H19N3O2. The van der Waals surface area contributed by atoms with Crippen LogP contribution in [0, 0.1) is 0 Å². The Balaban J connectivity index is 2.49. The summed E-state index contributed by atoms with van der Waals surface area (Å²) in [4.78, 5) is 12.2. The molecule has 2 N–H and O–H groups in total. The first-order valence-electron chi connectivity index (χ1n) is 5.16.